The Morgan fingerprint density at radius 2 is 2.12 bits per heavy atom. The Labute approximate surface area is 103 Å². The Morgan fingerprint density at radius 3 is 2.69 bits per heavy atom. The molecule has 0 saturated carbocycles. The van der Waals surface area contributed by atoms with E-state index in [1.54, 1.807) is 6.07 Å². The normalized spacial score (nSPS) is 12.7. The van der Waals surface area contributed by atoms with Gasteiger partial charge in [0.1, 0.15) is 14.6 Å². The average molecular weight is 239 g/mol. The summed E-state index contributed by atoms with van der Waals surface area (Å²) < 4.78 is 10.8. The second-order valence-corrected chi connectivity index (χ2v) is 3.88. The topological polar surface area (TPSA) is 18.5 Å². The summed E-state index contributed by atoms with van der Waals surface area (Å²) in [6.45, 7) is 4.91. The van der Waals surface area contributed by atoms with Gasteiger partial charge in [-0.15, -0.1) is 0 Å². The molecule has 0 aliphatic rings. The molecule has 0 unspecified atom stereocenters. The van der Waals surface area contributed by atoms with Crippen LogP contribution in [0.15, 0.2) is 18.2 Å². The molecule has 1 atom stereocenters. The zero-order valence-corrected chi connectivity index (χ0v) is 10.5. The van der Waals surface area contributed by atoms with Crippen molar-refractivity contribution in [3.63, 3.8) is 0 Å². The molecule has 0 aliphatic heterocycles. The van der Waals surface area contributed by atoms with Crippen LogP contribution < -0.4 is 5.46 Å². The zero-order chi connectivity index (χ0) is 12.0. The quantitative estimate of drug-likeness (QED) is 0.431. The van der Waals surface area contributed by atoms with Crippen LogP contribution in [0.25, 0.3) is 0 Å². The Kier molecular flexibility index (Phi) is 5.89. The van der Waals surface area contributed by atoms with E-state index in [0.29, 0.717) is 17.1 Å². The summed E-state index contributed by atoms with van der Waals surface area (Å²) in [5, 5.41) is 0.640. The Morgan fingerprint density at radius 1 is 1.38 bits per heavy atom. The van der Waals surface area contributed by atoms with Crippen LogP contribution in [-0.4, -0.2) is 21.2 Å². The molecule has 0 N–H and O–H groups in total. The largest absolute Gasteiger partial charge is 0.356 e. The molecule has 1 aromatic rings. The summed E-state index contributed by atoms with van der Waals surface area (Å²) >= 11 is 5.85. The minimum absolute atomic E-state index is 0.0381. The van der Waals surface area contributed by atoms with E-state index in [9.17, 15) is 0 Å². The maximum absolute atomic E-state index is 5.90. The van der Waals surface area contributed by atoms with Crippen molar-refractivity contribution in [2.45, 2.75) is 26.4 Å². The fraction of sp³-hybridized carbons (Fsp3) is 0.500. The number of hydrogen-bond donors (Lipinski definition) is 0. The van der Waals surface area contributed by atoms with Crippen molar-refractivity contribution >= 4 is 24.9 Å². The Hall–Kier alpha value is -0.505. The lowest BCUT2D eigenvalue weighted by molar-refractivity contribution is -0.0883. The highest BCUT2D eigenvalue weighted by Crippen LogP contribution is 2.20. The molecule has 1 rings (SSSR count). The monoisotopic (exact) mass is 238 g/mol. The first-order valence-corrected chi connectivity index (χ1v) is 5.81. The lowest BCUT2D eigenvalue weighted by Crippen LogP contribution is -2.17. The van der Waals surface area contributed by atoms with Crippen LogP contribution in [0.5, 0.6) is 0 Å². The van der Waals surface area contributed by atoms with Crippen LogP contribution in [0.1, 0.15) is 31.9 Å². The van der Waals surface area contributed by atoms with Gasteiger partial charge in [-0.2, -0.15) is 0 Å². The summed E-state index contributed by atoms with van der Waals surface area (Å²) in [5.74, 6) is 0. The van der Waals surface area contributed by atoms with Gasteiger partial charge in [0.05, 0.1) is 6.10 Å². The smallest absolute Gasteiger partial charge is 0.147 e. The summed E-state index contributed by atoms with van der Waals surface area (Å²) in [6, 6.07) is 5.46. The molecule has 2 nitrogen and oxygen atoms in total. The van der Waals surface area contributed by atoms with Gasteiger partial charge >= 0.3 is 0 Å². The molecule has 0 fully saturated rings. The molecule has 2 radical (unpaired) electrons. The highest BCUT2D eigenvalue weighted by molar-refractivity contribution is 6.36. The van der Waals surface area contributed by atoms with E-state index in [4.69, 9.17) is 28.9 Å². The van der Waals surface area contributed by atoms with Gasteiger partial charge in [0.2, 0.25) is 0 Å². The number of rotatable bonds is 6. The molecule has 0 saturated heterocycles. The first kappa shape index (κ1) is 13.6. The fourth-order valence-corrected chi connectivity index (χ4v) is 1.66. The van der Waals surface area contributed by atoms with Crippen LogP contribution in [0.2, 0.25) is 5.02 Å². The molecule has 16 heavy (non-hydrogen) atoms. The average Bonchev–Trinajstić information content (AvgIpc) is 2.26. The Balaban J connectivity index is 2.70. The molecule has 0 aromatic heterocycles. The van der Waals surface area contributed by atoms with Gasteiger partial charge in [-0.3, -0.25) is 0 Å². The van der Waals surface area contributed by atoms with Crippen molar-refractivity contribution in [3.8, 4) is 0 Å². The van der Waals surface area contributed by atoms with Crippen LogP contribution in [0.3, 0.4) is 0 Å². The highest BCUT2D eigenvalue weighted by Gasteiger charge is 2.12. The van der Waals surface area contributed by atoms with Crippen molar-refractivity contribution in [1.29, 1.82) is 0 Å². The van der Waals surface area contributed by atoms with Crippen LogP contribution in [-0.2, 0) is 9.47 Å². The minimum atomic E-state index is -0.0381. The van der Waals surface area contributed by atoms with Crippen LogP contribution >= 0.6 is 11.6 Å². The summed E-state index contributed by atoms with van der Waals surface area (Å²) in [4.78, 5) is 0. The van der Waals surface area contributed by atoms with Crippen LogP contribution in [0, 0.1) is 0 Å². The standard InChI is InChI=1S/C12H16BClO2/c1-3-12(16-8-15-4-2)10-6-5-9(14)7-11(10)13/h5-7,12H,3-4,8H2,1-2H3/t12-/m1/s1. The third kappa shape index (κ3) is 3.82. The molecule has 4 heteroatoms. The maximum Gasteiger partial charge on any atom is 0.147 e. The van der Waals surface area contributed by atoms with Gasteiger partial charge in [-0.25, -0.2) is 0 Å². The molecule has 86 valence electrons. The predicted octanol–water partition coefficient (Wildman–Crippen LogP) is 2.60. The van der Waals surface area contributed by atoms with E-state index in [1.807, 2.05) is 26.0 Å². The molecule has 0 aliphatic carbocycles. The fourth-order valence-electron chi connectivity index (χ4n) is 1.48. The minimum Gasteiger partial charge on any atom is -0.356 e. The van der Waals surface area contributed by atoms with Crippen molar-refractivity contribution in [3.05, 3.63) is 28.8 Å². The first-order chi connectivity index (χ1) is 7.69. The highest BCUT2D eigenvalue weighted by atomic mass is 35.5. The van der Waals surface area contributed by atoms with E-state index in [-0.39, 0.29) is 12.9 Å². The van der Waals surface area contributed by atoms with Crippen LogP contribution in [0.4, 0.5) is 0 Å². The van der Waals surface area contributed by atoms with Crippen molar-refractivity contribution in [2.75, 3.05) is 13.4 Å². The lowest BCUT2D eigenvalue weighted by atomic mass is 9.87. The molecular formula is C12H16BClO2. The van der Waals surface area contributed by atoms with E-state index in [2.05, 4.69) is 0 Å². The third-order valence-electron chi connectivity index (χ3n) is 2.32. The predicted molar refractivity (Wildman–Crippen MR) is 67.5 cm³/mol. The van der Waals surface area contributed by atoms with E-state index >= 15 is 0 Å². The molecule has 0 bridgehead atoms. The summed E-state index contributed by atoms with van der Waals surface area (Å²) in [6.07, 6.45) is 0.808. The van der Waals surface area contributed by atoms with E-state index < -0.39 is 0 Å². The van der Waals surface area contributed by atoms with Crippen molar-refractivity contribution in [2.24, 2.45) is 0 Å². The van der Waals surface area contributed by atoms with E-state index in [0.717, 1.165) is 12.0 Å². The van der Waals surface area contributed by atoms with Gasteiger partial charge in [0.25, 0.3) is 0 Å². The second kappa shape index (κ2) is 6.95. The molecule has 0 spiro atoms. The Bertz CT molecular complexity index is 331. The van der Waals surface area contributed by atoms with Gasteiger partial charge in [0.15, 0.2) is 0 Å². The van der Waals surface area contributed by atoms with Crippen molar-refractivity contribution in [1.82, 2.24) is 0 Å². The molecular weight excluding hydrogens is 222 g/mol. The first-order valence-electron chi connectivity index (χ1n) is 5.43. The van der Waals surface area contributed by atoms with Gasteiger partial charge in [0, 0.05) is 11.6 Å². The molecule has 1 aromatic carbocycles. The zero-order valence-electron chi connectivity index (χ0n) is 9.70. The number of benzene rings is 1. The summed E-state index contributed by atoms with van der Waals surface area (Å²) in [7, 11) is 5.90. The number of hydrogen-bond acceptors (Lipinski definition) is 2. The van der Waals surface area contributed by atoms with E-state index in [1.165, 1.54) is 0 Å². The number of halogens is 1. The molecule has 0 heterocycles. The molecule has 0 amide bonds. The number of ether oxygens (including phenoxy) is 2. The van der Waals surface area contributed by atoms with Gasteiger partial charge < -0.3 is 9.47 Å². The van der Waals surface area contributed by atoms with Crippen molar-refractivity contribution < 1.29 is 9.47 Å². The van der Waals surface area contributed by atoms with Gasteiger partial charge in [-0.1, -0.05) is 36.1 Å². The third-order valence-corrected chi connectivity index (χ3v) is 2.56. The van der Waals surface area contributed by atoms with Gasteiger partial charge in [-0.05, 0) is 25.0 Å². The maximum atomic E-state index is 5.90. The SMILES string of the molecule is [B]c1cc(Cl)ccc1[C@@H](CC)OCOCC. The second-order valence-electron chi connectivity index (χ2n) is 3.45. The lowest BCUT2D eigenvalue weighted by Gasteiger charge is -2.18. The summed E-state index contributed by atoms with van der Waals surface area (Å²) in [5.41, 5.74) is 1.63.